The van der Waals surface area contributed by atoms with E-state index >= 15 is 0 Å². The largest absolute Gasteiger partial charge is 1.00 e. The molecule has 0 aliphatic carbocycles. The Morgan fingerprint density at radius 3 is 0.760 bits per heavy atom. The van der Waals surface area contributed by atoms with Gasteiger partial charge < -0.3 is 0 Å². The van der Waals surface area contributed by atoms with Crippen molar-refractivity contribution in [2.24, 2.45) is 0 Å². The third-order valence-electron chi connectivity index (χ3n) is 2.12. The Balaban J connectivity index is 0. The van der Waals surface area contributed by atoms with Gasteiger partial charge in [0, 0.05) is 13.1 Å². The second-order valence-electron chi connectivity index (χ2n) is 4.63. The molecule has 0 amide bonds. The van der Waals surface area contributed by atoms with Crippen LogP contribution in [0.5, 0.6) is 0 Å². The average molecular weight is 459 g/mol. The molecule has 14 nitrogen and oxygen atoms in total. The fourth-order valence-corrected chi connectivity index (χ4v) is 4.50. The summed E-state index contributed by atoms with van der Waals surface area (Å²) in [7, 11) is -18.9. The van der Waals surface area contributed by atoms with Crippen molar-refractivity contribution in [3.8, 4) is 0 Å². The van der Waals surface area contributed by atoms with Crippen molar-refractivity contribution in [2.75, 3.05) is 36.6 Å². The van der Waals surface area contributed by atoms with Crippen molar-refractivity contribution in [3.05, 3.63) is 0 Å². The fraction of sp³-hybridized carbons (Fsp3) is 1.00. The minimum atomic E-state index is -4.72. The van der Waals surface area contributed by atoms with E-state index in [1.54, 1.807) is 0 Å². The Morgan fingerprint density at radius 1 is 0.480 bits per heavy atom. The summed E-state index contributed by atoms with van der Waals surface area (Å²) >= 11 is 0. The standard InChI is InChI=1S/C6H16N2O12S4.Na/c9-21(10,11)3-7(4-22(12,13)14)1-2-8(5-23(15,16)17)6-24(18,19)20;/h1-6H2,(H,9,10,11)(H,12,13,14)(H,15,16,17)(H,18,19,20);/q;+1. The van der Waals surface area contributed by atoms with Crippen molar-refractivity contribution < 1.29 is 81.4 Å². The van der Waals surface area contributed by atoms with Crippen LogP contribution in [-0.4, -0.2) is 98.3 Å². The van der Waals surface area contributed by atoms with Gasteiger partial charge in [0.2, 0.25) is 0 Å². The molecular formula is C6H16N2NaO12S4+. The van der Waals surface area contributed by atoms with Gasteiger partial charge in [-0.2, -0.15) is 33.7 Å². The predicted octanol–water partition coefficient (Wildman–Crippen LogP) is -6.02. The number of rotatable bonds is 11. The van der Waals surface area contributed by atoms with E-state index in [2.05, 4.69) is 0 Å². The first-order chi connectivity index (χ1) is 10.4. The van der Waals surface area contributed by atoms with Crippen molar-refractivity contribution in [1.29, 1.82) is 0 Å². The maximum atomic E-state index is 10.8. The summed E-state index contributed by atoms with van der Waals surface area (Å²) < 4.78 is 121. The van der Waals surface area contributed by atoms with Crippen molar-refractivity contribution in [3.63, 3.8) is 0 Å². The summed E-state index contributed by atoms with van der Waals surface area (Å²) in [5, 5.41) is 0. The third kappa shape index (κ3) is 19.1. The molecule has 0 aliphatic heterocycles. The van der Waals surface area contributed by atoms with E-state index in [1.807, 2.05) is 0 Å². The molecule has 0 radical (unpaired) electrons. The summed E-state index contributed by atoms with van der Waals surface area (Å²) in [4.78, 5) is 0.900. The molecule has 0 atom stereocenters. The zero-order chi connectivity index (χ0) is 19.4. The molecule has 0 saturated carbocycles. The van der Waals surface area contributed by atoms with E-state index in [9.17, 15) is 33.7 Å². The molecule has 19 heteroatoms. The van der Waals surface area contributed by atoms with E-state index < -0.39 is 77.1 Å². The quantitative estimate of drug-likeness (QED) is 0.167. The minimum Gasteiger partial charge on any atom is -0.285 e. The summed E-state index contributed by atoms with van der Waals surface area (Å²) in [6.45, 7) is -1.32. The zero-order valence-electron chi connectivity index (χ0n) is 12.8. The number of nitrogens with zero attached hydrogens (tertiary/aromatic N) is 2. The van der Waals surface area contributed by atoms with Gasteiger partial charge in [-0.15, -0.1) is 0 Å². The van der Waals surface area contributed by atoms with Gasteiger partial charge in [0.05, 0.1) is 0 Å². The van der Waals surface area contributed by atoms with Gasteiger partial charge in [-0.25, -0.2) is 0 Å². The van der Waals surface area contributed by atoms with Crippen molar-refractivity contribution in [2.45, 2.75) is 0 Å². The van der Waals surface area contributed by atoms with Gasteiger partial charge in [-0.1, -0.05) is 0 Å². The first-order valence-electron chi connectivity index (χ1n) is 5.62. The molecule has 0 rings (SSSR count). The van der Waals surface area contributed by atoms with Crippen LogP contribution in [0, 0.1) is 0 Å². The Labute approximate surface area is 167 Å². The van der Waals surface area contributed by atoms with Crippen LogP contribution in [0.2, 0.25) is 0 Å². The van der Waals surface area contributed by atoms with Crippen LogP contribution in [0.3, 0.4) is 0 Å². The molecule has 0 aromatic heterocycles. The van der Waals surface area contributed by atoms with E-state index in [0.29, 0.717) is 9.80 Å². The average Bonchev–Trinajstić information content (AvgIpc) is 2.16. The number of hydrogen-bond donors (Lipinski definition) is 4. The van der Waals surface area contributed by atoms with Crippen LogP contribution in [0.4, 0.5) is 0 Å². The SMILES string of the molecule is O=S(=O)(O)CN(CCN(CS(=O)(=O)O)CS(=O)(=O)O)CS(=O)(=O)O.[Na+]. The van der Waals surface area contributed by atoms with Crippen LogP contribution in [0.15, 0.2) is 0 Å². The molecule has 0 fully saturated rings. The predicted molar refractivity (Wildman–Crippen MR) is 79.1 cm³/mol. The Hall–Kier alpha value is 0.560. The van der Waals surface area contributed by atoms with Crippen LogP contribution >= 0.6 is 0 Å². The maximum Gasteiger partial charge on any atom is 1.00 e. The molecular weight excluding hydrogens is 443 g/mol. The Kier molecular flexibility index (Phi) is 11.3. The van der Waals surface area contributed by atoms with E-state index in [4.69, 9.17) is 18.2 Å². The molecule has 0 aromatic rings. The Morgan fingerprint density at radius 2 is 0.640 bits per heavy atom. The second-order valence-corrected chi connectivity index (χ2v) is 10.3. The molecule has 4 N–H and O–H groups in total. The molecule has 0 saturated heterocycles. The summed E-state index contributed by atoms with van der Waals surface area (Å²) in [6, 6.07) is 0. The normalized spacial score (nSPS) is 13.8. The van der Waals surface area contributed by atoms with Crippen LogP contribution in [-0.2, 0) is 40.5 Å². The fourth-order valence-electron chi connectivity index (χ4n) is 1.54. The summed E-state index contributed by atoms with van der Waals surface area (Å²) in [6.07, 6.45) is 0. The molecule has 0 aromatic carbocycles. The molecule has 25 heavy (non-hydrogen) atoms. The first kappa shape index (κ1) is 27.8. The maximum absolute atomic E-state index is 10.8. The van der Waals surface area contributed by atoms with E-state index in [1.165, 1.54) is 0 Å². The van der Waals surface area contributed by atoms with Crippen LogP contribution in [0.1, 0.15) is 0 Å². The molecule has 0 heterocycles. The molecule has 0 bridgehead atoms. The van der Waals surface area contributed by atoms with E-state index in [0.717, 1.165) is 0 Å². The van der Waals surface area contributed by atoms with Crippen molar-refractivity contribution in [1.82, 2.24) is 9.80 Å². The molecule has 0 spiro atoms. The second kappa shape index (κ2) is 10.2. The minimum absolute atomic E-state index is 0. The third-order valence-corrected chi connectivity index (χ3v) is 4.88. The number of hydrogen-bond acceptors (Lipinski definition) is 10. The smallest absolute Gasteiger partial charge is 0.285 e. The van der Waals surface area contributed by atoms with Crippen LogP contribution < -0.4 is 29.6 Å². The van der Waals surface area contributed by atoms with Gasteiger partial charge in [-0.05, 0) is 0 Å². The van der Waals surface area contributed by atoms with Gasteiger partial charge in [0.1, 0.15) is 23.5 Å². The topological polar surface area (TPSA) is 224 Å². The van der Waals surface area contributed by atoms with Gasteiger partial charge >= 0.3 is 29.6 Å². The Bertz CT molecular complexity index is 692. The van der Waals surface area contributed by atoms with E-state index in [-0.39, 0.29) is 29.6 Å². The zero-order valence-corrected chi connectivity index (χ0v) is 18.1. The molecule has 0 unspecified atom stereocenters. The monoisotopic (exact) mass is 459 g/mol. The van der Waals surface area contributed by atoms with Gasteiger partial charge in [0.15, 0.2) is 0 Å². The first-order valence-corrected chi connectivity index (χ1v) is 12.1. The van der Waals surface area contributed by atoms with Gasteiger partial charge in [-0.3, -0.25) is 28.0 Å². The van der Waals surface area contributed by atoms with Crippen LogP contribution in [0.25, 0.3) is 0 Å². The van der Waals surface area contributed by atoms with Gasteiger partial charge in [0.25, 0.3) is 40.5 Å². The summed E-state index contributed by atoms with van der Waals surface area (Å²) in [5.41, 5.74) is 0. The molecule has 146 valence electrons. The molecule has 0 aliphatic rings. The van der Waals surface area contributed by atoms with Crippen molar-refractivity contribution >= 4 is 40.5 Å². The summed E-state index contributed by atoms with van der Waals surface area (Å²) in [5.74, 6) is -5.06.